The van der Waals surface area contributed by atoms with Crippen LogP contribution in [0.2, 0.25) is 0 Å². The molecule has 0 heterocycles. The van der Waals surface area contributed by atoms with E-state index >= 15 is 0 Å². The molecule has 0 aliphatic rings. The van der Waals surface area contributed by atoms with Gasteiger partial charge in [-0.15, -0.1) is 0 Å². The zero-order valence-corrected chi connectivity index (χ0v) is 17.5. The fourth-order valence-corrected chi connectivity index (χ4v) is 1.89. The second kappa shape index (κ2) is 23.2. The number of ether oxygens (including phenoxy) is 7. The Balaban J connectivity index is 3.32. The van der Waals surface area contributed by atoms with Crippen molar-refractivity contribution in [3.63, 3.8) is 0 Å². The van der Waals surface area contributed by atoms with E-state index in [9.17, 15) is 0 Å². The van der Waals surface area contributed by atoms with Gasteiger partial charge >= 0.3 is 0 Å². The van der Waals surface area contributed by atoms with E-state index < -0.39 is 0 Å². The van der Waals surface area contributed by atoms with Crippen LogP contribution >= 0.6 is 0 Å². The molecule has 0 spiro atoms. The summed E-state index contributed by atoms with van der Waals surface area (Å²) in [7, 11) is 0. The largest absolute Gasteiger partial charge is 0.467 e. The first kappa shape index (κ1) is 28.0. The topological polar surface area (TPSA) is 105 Å². The Morgan fingerprint density at radius 1 is 0.448 bits per heavy atom. The van der Waals surface area contributed by atoms with Crippen molar-refractivity contribution in [1.82, 2.24) is 0 Å². The Morgan fingerprint density at radius 2 is 0.724 bits per heavy atom. The normalized spacial score (nSPS) is 11.0. The van der Waals surface area contributed by atoms with Gasteiger partial charge in [0.05, 0.1) is 104 Å². The fraction of sp³-hybridized carbons (Fsp3) is 0.800. The van der Waals surface area contributed by atoms with Crippen LogP contribution in [0.25, 0.3) is 0 Å². The van der Waals surface area contributed by atoms with E-state index in [0.29, 0.717) is 104 Å². The zero-order chi connectivity index (χ0) is 21.4. The van der Waals surface area contributed by atoms with E-state index in [1.54, 1.807) is 0 Å². The first-order chi connectivity index (χ1) is 14.2. The monoisotopic (exact) mass is 422 g/mol. The molecular formula is C20H38O9. The van der Waals surface area contributed by atoms with Crippen molar-refractivity contribution in [2.75, 3.05) is 92.5 Å². The van der Waals surface area contributed by atoms with Crippen molar-refractivity contribution in [3.8, 4) is 0 Å². The van der Waals surface area contributed by atoms with Gasteiger partial charge in [0.2, 0.25) is 0 Å². The van der Waals surface area contributed by atoms with Gasteiger partial charge in [-0.1, -0.05) is 13.2 Å². The molecule has 29 heavy (non-hydrogen) atoms. The van der Waals surface area contributed by atoms with E-state index in [4.69, 9.17) is 43.4 Å². The van der Waals surface area contributed by atoms with Crippen molar-refractivity contribution in [1.29, 1.82) is 0 Å². The number of rotatable bonds is 24. The van der Waals surface area contributed by atoms with Crippen molar-refractivity contribution in [2.45, 2.75) is 12.8 Å². The van der Waals surface area contributed by atoms with Gasteiger partial charge in [-0.25, -0.2) is 0 Å². The molecule has 0 atom stereocenters. The molecule has 0 saturated carbocycles. The van der Waals surface area contributed by atoms with E-state index in [2.05, 4.69) is 13.2 Å². The summed E-state index contributed by atoms with van der Waals surface area (Å²) in [5.74, 6) is 1.19. The average molecular weight is 423 g/mol. The summed E-state index contributed by atoms with van der Waals surface area (Å²) in [5, 5.41) is 17.1. The molecule has 0 fully saturated rings. The smallest absolute Gasteiger partial charge is 0.0987 e. The molecule has 2 N–H and O–H groups in total. The highest BCUT2D eigenvalue weighted by Gasteiger charge is 2.01. The summed E-state index contributed by atoms with van der Waals surface area (Å²) in [6.45, 7) is 13.2. The van der Waals surface area contributed by atoms with E-state index in [1.165, 1.54) is 0 Å². The predicted molar refractivity (Wildman–Crippen MR) is 108 cm³/mol. The molecule has 172 valence electrons. The van der Waals surface area contributed by atoms with Gasteiger partial charge < -0.3 is 43.4 Å². The average Bonchev–Trinajstić information content (AvgIpc) is 2.70. The third-order valence-electron chi connectivity index (χ3n) is 3.30. The minimum absolute atomic E-state index is 0.0208. The van der Waals surface area contributed by atoms with Gasteiger partial charge in [0.25, 0.3) is 0 Å². The molecule has 0 aliphatic heterocycles. The maximum Gasteiger partial charge on any atom is 0.0987 e. The van der Waals surface area contributed by atoms with Crippen LogP contribution in [0.3, 0.4) is 0 Å². The molecule has 0 aromatic rings. The predicted octanol–water partition coefficient (Wildman–Crippen LogP) is 0.895. The molecule has 0 saturated heterocycles. The van der Waals surface area contributed by atoms with Gasteiger partial charge in [-0.05, 0) is 0 Å². The summed E-state index contributed by atoms with van der Waals surface area (Å²) >= 11 is 0. The third-order valence-corrected chi connectivity index (χ3v) is 3.30. The molecule has 0 aromatic heterocycles. The molecule has 0 radical (unpaired) electrons. The molecule has 9 heteroatoms. The first-order valence-corrected chi connectivity index (χ1v) is 9.92. The SMILES string of the molecule is C=C(CCOCCOCCOCCO)OC(=C)CCOCCOCCOCCO. The summed E-state index contributed by atoms with van der Waals surface area (Å²) in [5.41, 5.74) is 0. The van der Waals surface area contributed by atoms with Crippen LogP contribution in [0.5, 0.6) is 0 Å². The zero-order valence-electron chi connectivity index (χ0n) is 17.5. The van der Waals surface area contributed by atoms with Gasteiger partial charge in [-0.3, -0.25) is 0 Å². The highest BCUT2D eigenvalue weighted by Crippen LogP contribution is 2.10. The van der Waals surface area contributed by atoms with Gasteiger partial charge in [0, 0.05) is 12.8 Å². The van der Waals surface area contributed by atoms with Crippen LogP contribution in [0, 0.1) is 0 Å². The second-order valence-electron chi connectivity index (χ2n) is 5.80. The molecule has 0 aliphatic carbocycles. The quantitative estimate of drug-likeness (QED) is 0.173. The maximum absolute atomic E-state index is 8.55. The lowest BCUT2D eigenvalue weighted by atomic mass is 10.3. The lowest BCUT2D eigenvalue weighted by Crippen LogP contribution is -2.11. The number of hydrogen-bond donors (Lipinski definition) is 2. The Morgan fingerprint density at radius 3 is 1.03 bits per heavy atom. The fourth-order valence-electron chi connectivity index (χ4n) is 1.89. The molecule has 9 nitrogen and oxygen atoms in total. The second-order valence-corrected chi connectivity index (χ2v) is 5.80. The summed E-state index contributed by atoms with van der Waals surface area (Å²) in [6.07, 6.45) is 1.15. The molecule has 0 bridgehead atoms. The summed E-state index contributed by atoms with van der Waals surface area (Å²) in [6, 6.07) is 0. The van der Waals surface area contributed by atoms with Gasteiger partial charge in [0.15, 0.2) is 0 Å². The van der Waals surface area contributed by atoms with Crippen molar-refractivity contribution in [2.24, 2.45) is 0 Å². The third kappa shape index (κ3) is 23.1. The van der Waals surface area contributed by atoms with Gasteiger partial charge in [-0.2, -0.15) is 0 Å². The number of aliphatic hydroxyl groups is 2. The van der Waals surface area contributed by atoms with Crippen LogP contribution in [0.1, 0.15) is 12.8 Å². The molecule has 0 amide bonds. The van der Waals surface area contributed by atoms with Crippen molar-refractivity contribution < 1.29 is 43.4 Å². The Hall–Kier alpha value is -1.04. The highest BCUT2D eigenvalue weighted by molar-refractivity contribution is 4.93. The number of hydrogen-bond acceptors (Lipinski definition) is 9. The van der Waals surface area contributed by atoms with Crippen LogP contribution < -0.4 is 0 Å². The molecule has 0 rings (SSSR count). The Labute approximate surface area is 174 Å². The van der Waals surface area contributed by atoms with Crippen LogP contribution in [-0.2, 0) is 33.2 Å². The minimum atomic E-state index is 0.0208. The van der Waals surface area contributed by atoms with E-state index in [-0.39, 0.29) is 13.2 Å². The molecule has 0 aromatic carbocycles. The van der Waals surface area contributed by atoms with E-state index in [0.717, 1.165) is 0 Å². The van der Waals surface area contributed by atoms with Crippen LogP contribution in [0.4, 0.5) is 0 Å². The van der Waals surface area contributed by atoms with Crippen LogP contribution in [0.15, 0.2) is 24.7 Å². The minimum Gasteiger partial charge on any atom is -0.467 e. The van der Waals surface area contributed by atoms with Crippen LogP contribution in [-0.4, -0.2) is 103 Å². The molecule has 0 unspecified atom stereocenters. The lowest BCUT2D eigenvalue weighted by molar-refractivity contribution is 0.00596. The Kier molecular flexibility index (Phi) is 22.4. The van der Waals surface area contributed by atoms with E-state index in [1.807, 2.05) is 0 Å². The summed E-state index contributed by atoms with van der Waals surface area (Å²) in [4.78, 5) is 0. The lowest BCUT2D eigenvalue weighted by Gasteiger charge is -2.12. The standard InChI is InChI=1S/C20H38O9/c1-19(3-7-23-11-15-27-17-13-25-9-5-21)29-20(2)4-8-24-12-16-28-18-14-26-10-6-22/h21-22H,1-18H2. The summed E-state index contributed by atoms with van der Waals surface area (Å²) < 4.78 is 37.2. The number of aliphatic hydroxyl groups excluding tert-OH is 2. The van der Waals surface area contributed by atoms with Crippen molar-refractivity contribution in [3.05, 3.63) is 24.7 Å². The van der Waals surface area contributed by atoms with Crippen molar-refractivity contribution >= 4 is 0 Å². The maximum atomic E-state index is 8.55. The molecular weight excluding hydrogens is 384 g/mol. The highest BCUT2D eigenvalue weighted by atomic mass is 16.6. The van der Waals surface area contributed by atoms with Gasteiger partial charge in [0.1, 0.15) is 0 Å². The Bertz CT molecular complexity index is 343. The first-order valence-electron chi connectivity index (χ1n) is 9.92.